The average Bonchev–Trinajstić information content (AvgIpc) is 2.63. The molecule has 1 amide bonds. The van der Waals surface area contributed by atoms with Gasteiger partial charge in [0, 0.05) is 36.1 Å². The molecule has 5 heteroatoms. The third-order valence-electron chi connectivity index (χ3n) is 4.33. The smallest absolute Gasteiger partial charge is 0.222 e. The topological polar surface area (TPSA) is 41.1 Å². The number of hydrogen-bond acceptors (Lipinski definition) is 3. The molecule has 0 bridgehead atoms. The van der Waals surface area contributed by atoms with Crippen LogP contribution in [0.2, 0.25) is 0 Å². The maximum atomic E-state index is 14.3. The molecule has 132 valence electrons. The highest BCUT2D eigenvalue weighted by molar-refractivity contribution is 7.99. The molecule has 2 N–H and O–H groups in total. The molecule has 2 aromatic carbocycles. The van der Waals surface area contributed by atoms with E-state index in [4.69, 9.17) is 0 Å². The molecule has 3 nitrogen and oxygen atoms in total. The summed E-state index contributed by atoms with van der Waals surface area (Å²) in [7, 11) is 0. The lowest BCUT2D eigenvalue weighted by molar-refractivity contribution is -0.122. The van der Waals surface area contributed by atoms with E-state index in [9.17, 15) is 9.18 Å². The third-order valence-corrected chi connectivity index (χ3v) is 5.46. The van der Waals surface area contributed by atoms with Gasteiger partial charge in [0.25, 0.3) is 0 Å². The number of rotatable bonds is 6. The molecule has 2 unspecified atom stereocenters. The number of nitrogens with one attached hydrogen (secondary N) is 2. The zero-order chi connectivity index (χ0) is 17.5. The van der Waals surface area contributed by atoms with Crippen LogP contribution in [-0.4, -0.2) is 30.0 Å². The second-order valence-corrected chi connectivity index (χ2v) is 7.41. The summed E-state index contributed by atoms with van der Waals surface area (Å²) in [5, 5.41) is 6.41. The largest absolute Gasteiger partial charge is 0.349 e. The molecular formula is C20H23FN2OS. The van der Waals surface area contributed by atoms with E-state index >= 15 is 0 Å². The maximum absolute atomic E-state index is 14.3. The van der Waals surface area contributed by atoms with Gasteiger partial charge in [0.1, 0.15) is 5.82 Å². The van der Waals surface area contributed by atoms with Crippen LogP contribution >= 0.6 is 11.8 Å². The van der Waals surface area contributed by atoms with E-state index in [-0.39, 0.29) is 23.8 Å². The van der Waals surface area contributed by atoms with E-state index in [0.29, 0.717) is 18.4 Å². The number of carbonyl (C=O) groups is 1. The highest BCUT2D eigenvalue weighted by atomic mass is 32.2. The highest BCUT2D eigenvalue weighted by Crippen LogP contribution is 2.22. The number of amides is 1. The number of carbonyl (C=O) groups excluding carboxylic acids is 1. The lowest BCUT2D eigenvalue weighted by atomic mass is 9.98. The lowest BCUT2D eigenvalue weighted by Gasteiger charge is -2.25. The molecule has 2 atom stereocenters. The van der Waals surface area contributed by atoms with Crippen molar-refractivity contribution in [2.75, 3.05) is 18.1 Å². The SMILES string of the molecule is O=C(CC1CSCCN1)NC(Cc1ccccc1)c1ccccc1F. The molecule has 0 saturated carbocycles. The number of halogens is 1. The third kappa shape index (κ3) is 5.31. The normalized spacial score (nSPS) is 18.5. The Balaban J connectivity index is 1.71. The molecule has 1 aliphatic heterocycles. The van der Waals surface area contributed by atoms with E-state index in [1.54, 1.807) is 12.1 Å². The standard InChI is InChI=1S/C20H23FN2OS/c21-18-9-5-4-8-17(18)19(12-15-6-2-1-3-7-15)23-20(24)13-16-14-25-11-10-22-16/h1-9,16,19,22H,10-14H2,(H,23,24). The number of thioether (sulfide) groups is 1. The van der Waals surface area contributed by atoms with E-state index in [0.717, 1.165) is 23.6 Å². The molecule has 0 aromatic heterocycles. The van der Waals surface area contributed by atoms with Gasteiger partial charge in [-0.25, -0.2) is 4.39 Å². The molecule has 1 aliphatic rings. The summed E-state index contributed by atoms with van der Waals surface area (Å²) in [6.07, 6.45) is 0.993. The van der Waals surface area contributed by atoms with Crippen LogP contribution in [-0.2, 0) is 11.2 Å². The van der Waals surface area contributed by atoms with Gasteiger partial charge >= 0.3 is 0 Å². The van der Waals surface area contributed by atoms with Gasteiger partial charge in [0.05, 0.1) is 6.04 Å². The van der Waals surface area contributed by atoms with Crippen molar-refractivity contribution < 1.29 is 9.18 Å². The van der Waals surface area contributed by atoms with E-state index in [1.165, 1.54) is 6.07 Å². The molecule has 1 saturated heterocycles. The fourth-order valence-corrected chi connectivity index (χ4v) is 4.02. The first-order chi connectivity index (χ1) is 12.2. The maximum Gasteiger partial charge on any atom is 0.222 e. The Morgan fingerprint density at radius 1 is 1.20 bits per heavy atom. The van der Waals surface area contributed by atoms with Crippen molar-refractivity contribution >= 4 is 17.7 Å². The van der Waals surface area contributed by atoms with Crippen LogP contribution in [0.25, 0.3) is 0 Å². The Hall–Kier alpha value is -1.85. The summed E-state index contributed by atoms with van der Waals surface area (Å²) in [6.45, 7) is 0.934. The minimum atomic E-state index is -0.368. The summed E-state index contributed by atoms with van der Waals surface area (Å²) in [6, 6.07) is 16.4. The fraction of sp³-hybridized carbons (Fsp3) is 0.350. The fourth-order valence-electron chi connectivity index (χ4n) is 3.07. The Morgan fingerprint density at radius 2 is 1.96 bits per heavy atom. The predicted molar refractivity (Wildman–Crippen MR) is 101 cm³/mol. The van der Waals surface area contributed by atoms with E-state index in [2.05, 4.69) is 10.6 Å². The Kier molecular flexibility index (Phi) is 6.48. The average molecular weight is 358 g/mol. The first-order valence-corrected chi connectivity index (χ1v) is 9.76. The predicted octanol–water partition coefficient (Wildman–Crippen LogP) is 3.32. The summed E-state index contributed by atoms with van der Waals surface area (Å²) in [5.74, 6) is 1.71. The quantitative estimate of drug-likeness (QED) is 0.832. The second-order valence-electron chi connectivity index (χ2n) is 6.26. The van der Waals surface area contributed by atoms with Crippen LogP contribution in [0.4, 0.5) is 4.39 Å². The van der Waals surface area contributed by atoms with Crippen molar-refractivity contribution in [3.63, 3.8) is 0 Å². The van der Waals surface area contributed by atoms with Crippen molar-refractivity contribution in [1.82, 2.24) is 10.6 Å². The second kappa shape index (κ2) is 9.02. The van der Waals surface area contributed by atoms with Gasteiger partial charge in [-0.15, -0.1) is 0 Å². The molecule has 25 heavy (non-hydrogen) atoms. The van der Waals surface area contributed by atoms with Crippen LogP contribution < -0.4 is 10.6 Å². The Labute approximate surface area is 152 Å². The minimum Gasteiger partial charge on any atom is -0.349 e. The summed E-state index contributed by atoms with van der Waals surface area (Å²) in [5.41, 5.74) is 1.60. The monoisotopic (exact) mass is 358 g/mol. The van der Waals surface area contributed by atoms with Gasteiger partial charge in [0.15, 0.2) is 0 Å². The van der Waals surface area contributed by atoms with E-state index < -0.39 is 0 Å². The van der Waals surface area contributed by atoms with Gasteiger partial charge < -0.3 is 10.6 Å². The van der Waals surface area contributed by atoms with Crippen molar-refractivity contribution in [2.45, 2.75) is 24.9 Å². The molecule has 3 rings (SSSR count). The zero-order valence-corrected chi connectivity index (χ0v) is 14.9. The van der Waals surface area contributed by atoms with Crippen LogP contribution in [0.1, 0.15) is 23.6 Å². The van der Waals surface area contributed by atoms with Gasteiger partial charge in [-0.1, -0.05) is 48.5 Å². The molecule has 1 heterocycles. The first-order valence-electron chi connectivity index (χ1n) is 8.61. The van der Waals surface area contributed by atoms with Crippen LogP contribution in [0.5, 0.6) is 0 Å². The van der Waals surface area contributed by atoms with Crippen molar-refractivity contribution in [1.29, 1.82) is 0 Å². The van der Waals surface area contributed by atoms with Crippen molar-refractivity contribution in [3.8, 4) is 0 Å². The van der Waals surface area contributed by atoms with E-state index in [1.807, 2.05) is 48.2 Å². The van der Waals surface area contributed by atoms with Gasteiger partial charge in [-0.3, -0.25) is 4.79 Å². The molecule has 2 aromatic rings. The molecule has 0 aliphatic carbocycles. The van der Waals surface area contributed by atoms with Gasteiger partial charge in [0.2, 0.25) is 5.91 Å². The Bertz CT molecular complexity index is 689. The van der Waals surface area contributed by atoms with Crippen LogP contribution in [0.3, 0.4) is 0 Å². The molecule has 1 fully saturated rings. The van der Waals surface area contributed by atoms with Crippen LogP contribution in [0.15, 0.2) is 54.6 Å². The summed E-state index contributed by atoms with van der Waals surface area (Å²) in [4.78, 5) is 12.5. The number of hydrogen-bond donors (Lipinski definition) is 2. The van der Waals surface area contributed by atoms with Gasteiger partial charge in [-0.05, 0) is 18.1 Å². The Morgan fingerprint density at radius 3 is 2.68 bits per heavy atom. The minimum absolute atomic E-state index is 0.0378. The number of benzene rings is 2. The van der Waals surface area contributed by atoms with Crippen molar-refractivity contribution in [3.05, 3.63) is 71.5 Å². The highest BCUT2D eigenvalue weighted by Gasteiger charge is 2.22. The lowest BCUT2D eigenvalue weighted by Crippen LogP contribution is -2.42. The van der Waals surface area contributed by atoms with Crippen molar-refractivity contribution in [2.24, 2.45) is 0 Å². The van der Waals surface area contributed by atoms with Crippen LogP contribution in [0, 0.1) is 5.82 Å². The van der Waals surface area contributed by atoms with Gasteiger partial charge in [-0.2, -0.15) is 11.8 Å². The molecule has 0 radical (unpaired) electrons. The summed E-state index contributed by atoms with van der Waals surface area (Å²) < 4.78 is 14.3. The molecule has 0 spiro atoms. The zero-order valence-electron chi connectivity index (χ0n) is 14.1. The molecular weight excluding hydrogens is 335 g/mol. The summed E-state index contributed by atoms with van der Waals surface area (Å²) >= 11 is 1.86. The first kappa shape index (κ1) is 18.0.